The Labute approximate surface area is 152 Å². The third kappa shape index (κ3) is 3.02. The summed E-state index contributed by atoms with van der Waals surface area (Å²) in [5, 5.41) is 10.5. The lowest BCUT2D eigenvalue weighted by molar-refractivity contribution is -0.0602. The molecule has 3 nitrogen and oxygen atoms in total. The Kier molecular flexibility index (Phi) is 5.00. The number of phenolic OH excluding ortho intramolecular Hbond substituents is 1. The molecule has 1 aliphatic carbocycles. The van der Waals surface area contributed by atoms with Crippen molar-refractivity contribution in [3.05, 3.63) is 41.5 Å². The topological polar surface area (TPSA) is 32.7 Å². The van der Waals surface area contributed by atoms with Crippen LogP contribution in [0, 0.1) is 5.41 Å². The number of piperidine rings is 1. The van der Waals surface area contributed by atoms with E-state index in [-0.39, 0.29) is 16.9 Å². The predicted octanol–water partition coefficient (Wildman–Crippen LogP) is 4.29. The first kappa shape index (κ1) is 18.5. The van der Waals surface area contributed by atoms with Crippen LogP contribution in [-0.4, -0.2) is 41.8 Å². The van der Waals surface area contributed by atoms with Crippen molar-refractivity contribution >= 4 is 0 Å². The number of hydrogen-bond acceptors (Lipinski definition) is 3. The van der Waals surface area contributed by atoms with Gasteiger partial charge in [-0.15, -0.1) is 0 Å². The van der Waals surface area contributed by atoms with Crippen molar-refractivity contribution < 1.29 is 9.84 Å². The van der Waals surface area contributed by atoms with Gasteiger partial charge in [0.15, 0.2) is 0 Å². The number of rotatable bonds is 5. The molecule has 1 aliphatic heterocycles. The van der Waals surface area contributed by atoms with Crippen LogP contribution in [-0.2, 0) is 16.6 Å². The minimum absolute atomic E-state index is 0.107. The van der Waals surface area contributed by atoms with E-state index in [0.29, 0.717) is 18.4 Å². The van der Waals surface area contributed by atoms with Gasteiger partial charge in [-0.05, 0) is 55.8 Å². The minimum atomic E-state index is 0.107. The molecule has 3 heteroatoms. The summed E-state index contributed by atoms with van der Waals surface area (Å²) in [4.78, 5) is 2.59. The van der Waals surface area contributed by atoms with E-state index in [0.717, 1.165) is 31.5 Å². The molecule has 1 aromatic rings. The number of aromatic hydroxyl groups is 1. The van der Waals surface area contributed by atoms with E-state index in [1.165, 1.54) is 5.56 Å². The zero-order valence-electron chi connectivity index (χ0n) is 16.4. The zero-order chi connectivity index (χ0) is 18.2. The highest BCUT2D eigenvalue weighted by atomic mass is 16.5. The van der Waals surface area contributed by atoms with Crippen LogP contribution in [0.3, 0.4) is 0 Å². The van der Waals surface area contributed by atoms with Gasteiger partial charge in [-0.1, -0.05) is 45.1 Å². The fourth-order valence-electron chi connectivity index (χ4n) is 4.95. The summed E-state index contributed by atoms with van der Waals surface area (Å²) in [7, 11) is 0. The molecule has 138 valence electrons. The van der Waals surface area contributed by atoms with Gasteiger partial charge < -0.3 is 9.84 Å². The van der Waals surface area contributed by atoms with E-state index >= 15 is 0 Å². The van der Waals surface area contributed by atoms with E-state index < -0.39 is 0 Å². The van der Waals surface area contributed by atoms with Crippen LogP contribution >= 0.6 is 0 Å². The second-order valence-electron chi connectivity index (χ2n) is 8.53. The molecular weight excluding hydrogens is 310 g/mol. The number of likely N-dealkylation sites (tertiary alicyclic amines) is 1. The molecule has 0 saturated carbocycles. The van der Waals surface area contributed by atoms with Crippen LogP contribution in [0.1, 0.15) is 52.2 Å². The van der Waals surface area contributed by atoms with E-state index in [1.54, 1.807) is 0 Å². The van der Waals surface area contributed by atoms with E-state index in [4.69, 9.17) is 4.74 Å². The van der Waals surface area contributed by atoms with Crippen LogP contribution in [0.4, 0.5) is 0 Å². The van der Waals surface area contributed by atoms with Gasteiger partial charge in [0.25, 0.3) is 0 Å². The maximum absolute atomic E-state index is 10.5. The van der Waals surface area contributed by atoms with Gasteiger partial charge in [0.05, 0.1) is 12.7 Å². The van der Waals surface area contributed by atoms with E-state index in [1.807, 2.05) is 25.1 Å². The van der Waals surface area contributed by atoms with Gasteiger partial charge in [-0.2, -0.15) is 0 Å². The molecular formula is C22H33NO2. The number of ether oxygens (including phenoxy) is 1. The van der Waals surface area contributed by atoms with Crippen molar-refractivity contribution in [1.29, 1.82) is 0 Å². The molecule has 0 amide bonds. The van der Waals surface area contributed by atoms with E-state index in [9.17, 15) is 5.11 Å². The lowest BCUT2D eigenvalue weighted by Gasteiger charge is -2.61. The number of hydrogen-bond donors (Lipinski definition) is 1. The predicted molar refractivity (Wildman–Crippen MR) is 103 cm³/mol. The molecule has 1 fully saturated rings. The first-order valence-corrected chi connectivity index (χ1v) is 9.59. The smallest absolute Gasteiger partial charge is 0.119 e. The van der Waals surface area contributed by atoms with Crippen molar-refractivity contribution in [2.75, 3.05) is 19.7 Å². The molecule has 1 aromatic carbocycles. The third-order valence-electron chi connectivity index (χ3n) is 6.94. The molecule has 1 heterocycles. The lowest BCUT2D eigenvalue weighted by atomic mass is 9.51. The minimum Gasteiger partial charge on any atom is -0.508 e. The summed E-state index contributed by atoms with van der Waals surface area (Å²) in [6.07, 6.45) is 6.34. The van der Waals surface area contributed by atoms with Gasteiger partial charge in [0, 0.05) is 18.0 Å². The molecule has 0 spiro atoms. The summed E-state index contributed by atoms with van der Waals surface area (Å²) in [5.74, 6) is 0.462. The van der Waals surface area contributed by atoms with Crippen LogP contribution < -0.4 is 0 Å². The fraction of sp³-hybridized carbons (Fsp3) is 0.636. The number of benzene rings is 1. The van der Waals surface area contributed by atoms with Crippen molar-refractivity contribution in [3.8, 4) is 5.75 Å². The lowest BCUT2D eigenvalue weighted by Crippen LogP contribution is -2.64. The SMILES string of the molecule is C/C=C/CO[C@@H](C)CN1CC[C@@]2(C)c3cccc(O)c3C[C@@H]1C2(C)C. The molecule has 2 bridgehead atoms. The summed E-state index contributed by atoms with van der Waals surface area (Å²) in [6, 6.07) is 6.49. The van der Waals surface area contributed by atoms with Crippen molar-refractivity contribution in [2.45, 2.75) is 65.0 Å². The van der Waals surface area contributed by atoms with Crippen LogP contribution in [0.5, 0.6) is 5.75 Å². The molecule has 1 N–H and O–H groups in total. The van der Waals surface area contributed by atoms with E-state index in [2.05, 4.69) is 44.7 Å². The largest absolute Gasteiger partial charge is 0.508 e. The van der Waals surface area contributed by atoms with Crippen LogP contribution in [0.15, 0.2) is 30.4 Å². The Morgan fingerprint density at radius 1 is 1.36 bits per heavy atom. The van der Waals surface area contributed by atoms with Gasteiger partial charge in [0.1, 0.15) is 5.75 Å². The quantitative estimate of drug-likeness (QED) is 0.810. The van der Waals surface area contributed by atoms with Gasteiger partial charge in [-0.25, -0.2) is 0 Å². The summed E-state index contributed by atoms with van der Waals surface area (Å²) >= 11 is 0. The molecule has 3 rings (SSSR count). The van der Waals surface area contributed by atoms with Crippen molar-refractivity contribution in [2.24, 2.45) is 5.41 Å². The van der Waals surface area contributed by atoms with Gasteiger partial charge >= 0.3 is 0 Å². The first-order chi connectivity index (χ1) is 11.8. The number of nitrogens with zero attached hydrogens (tertiary/aromatic N) is 1. The summed E-state index contributed by atoms with van der Waals surface area (Å²) < 4.78 is 5.93. The molecule has 1 saturated heterocycles. The molecule has 3 atom stereocenters. The molecule has 0 unspecified atom stereocenters. The normalized spacial score (nSPS) is 29.6. The number of fused-ring (bicyclic) bond motifs is 4. The monoisotopic (exact) mass is 343 g/mol. The van der Waals surface area contributed by atoms with Gasteiger partial charge in [0.2, 0.25) is 0 Å². The Hall–Kier alpha value is -1.32. The second-order valence-corrected chi connectivity index (χ2v) is 8.53. The van der Waals surface area contributed by atoms with Crippen LogP contribution in [0.2, 0.25) is 0 Å². The summed E-state index contributed by atoms with van der Waals surface area (Å²) in [6.45, 7) is 14.1. The van der Waals surface area contributed by atoms with Gasteiger partial charge in [-0.3, -0.25) is 4.90 Å². The average Bonchev–Trinajstić information content (AvgIpc) is 2.54. The fourth-order valence-corrected chi connectivity index (χ4v) is 4.95. The first-order valence-electron chi connectivity index (χ1n) is 9.59. The number of allylic oxidation sites excluding steroid dienone is 1. The average molecular weight is 344 g/mol. The third-order valence-corrected chi connectivity index (χ3v) is 6.94. The highest BCUT2D eigenvalue weighted by Crippen LogP contribution is 2.57. The Morgan fingerprint density at radius 2 is 2.12 bits per heavy atom. The maximum Gasteiger partial charge on any atom is 0.119 e. The maximum atomic E-state index is 10.5. The zero-order valence-corrected chi connectivity index (χ0v) is 16.4. The number of phenols is 1. The standard InChI is InChI=1S/C22H33NO2/c1-6-7-13-25-16(2)15-23-12-11-22(5)18-9-8-10-19(24)17(18)14-20(23)21(22,3)4/h6-10,16,20,24H,11-15H2,1-5H3/b7-6+/t16-,20+,22-/m0/s1. The van der Waals surface area contributed by atoms with Crippen molar-refractivity contribution in [1.82, 2.24) is 4.90 Å². The van der Waals surface area contributed by atoms with Crippen LogP contribution in [0.25, 0.3) is 0 Å². The van der Waals surface area contributed by atoms with Crippen molar-refractivity contribution in [3.63, 3.8) is 0 Å². The Balaban J connectivity index is 1.86. The highest BCUT2D eigenvalue weighted by molar-refractivity contribution is 5.48. The Bertz CT molecular complexity index is 651. The Morgan fingerprint density at radius 3 is 2.84 bits per heavy atom. The second kappa shape index (κ2) is 6.77. The summed E-state index contributed by atoms with van der Waals surface area (Å²) in [5.41, 5.74) is 2.78. The molecule has 2 aliphatic rings. The highest BCUT2D eigenvalue weighted by Gasteiger charge is 2.56. The molecule has 0 aromatic heterocycles. The molecule has 25 heavy (non-hydrogen) atoms. The molecule has 0 radical (unpaired) electrons.